The number of ether oxygens (including phenoxy) is 1. The van der Waals surface area contributed by atoms with Crippen molar-refractivity contribution in [3.8, 4) is 0 Å². The summed E-state index contributed by atoms with van der Waals surface area (Å²) < 4.78 is 21.4. The number of aliphatic hydroxyl groups excluding tert-OH is 1. The predicted molar refractivity (Wildman–Crippen MR) is 116 cm³/mol. The van der Waals surface area contributed by atoms with E-state index in [1.165, 1.54) is 13.1 Å². The zero-order valence-electron chi connectivity index (χ0n) is 18.3. The van der Waals surface area contributed by atoms with Crippen LogP contribution in [-0.2, 0) is 13.8 Å². The molecule has 0 unspecified atom stereocenters. The van der Waals surface area contributed by atoms with Crippen molar-refractivity contribution in [2.45, 2.75) is 31.8 Å². The van der Waals surface area contributed by atoms with E-state index >= 15 is 0 Å². The van der Waals surface area contributed by atoms with Crippen molar-refractivity contribution >= 4 is 25.7 Å². The Morgan fingerprint density at radius 3 is 2.25 bits per heavy atom. The smallest absolute Gasteiger partial charge is 0.469 e. The lowest BCUT2D eigenvalue weighted by Gasteiger charge is -2.16. The molecule has 196 valence electrons. The average molecular weight is 532 g/mol. The van der Waals surface area contributed by atoms with Crippen LogP contribution in [0.3, 0.4) is 0 Å². The number of benzene rings is 1. The van der Waals surface area contributed by atoms with Crippen molar-refractivity contribution in [2.24, 2.45) is 0 Å². The number of H-pyrrole nitrogens is 1. The third kappa shape index (κ3) is 7.42. The summed E-state index contributed by atoms with van der Waals surface area (Å²) in [6.07, 6.45) is -1.57. The maximum absolute atomic E-state index is 11.7. The lowest BCUT2D eigenvalue weighted by Crippen LogP contribution is -2.33. The Bertz CT molecular complexity index is 1330. The van der Waals surface area contributed by atoms with Gasteiger partial charge < -0.3 is 34.9 Å². The number of nitrogens with one attached hydrogen (secondary N) is 1. The van der Waals surface area contributed by atoms with Crippen LogP contribution in [0.5, 0.6) is 0 Å². The molecule has 0 amide bonds. The first-order valence-electron chi connectivity index (χ1n) is 9.80. The summed E-state index contributed by atoms with van der Waals surface area (Å²) in [5, 5.41) is 35.7. The minimum atomic E-state index is -4.67. The molecule has 3 atom stereocenters. The van der Waals surface area contributed by atoms with Gasteiger partial charge in [-0.2, -0.15) is 0 Å². The summed E-state index contributed by atoms with van der Waals surface area (Å²) in [5.74, 6) is -4.20. The minimum Gasteiger partial charge on any atom is -0.478 e. The molecule has 16 nitrogen and oxygen atoms in total. The Hall–Kier alpha value is -3.66. The first-order chi connectivity index (χ1) is 16.6. The Labute approximate surface area is 200 Å². The monoisotopic (exact) mass is 532 g/mol. The van der Waals surface area contributed by atoms with E-state index < -0.39 is 73.1 Å². The van der Waals surface area contributed by atoms with E-state index in [1.807, 2.05) is 0 Å². The van der Waals surface area contributed by atoms with E-state index in [4.69, 9.17) is 29.8 Å². The van der Waals surface area contributed by atoms with Gasteiger partial charge in [-0.25, -0.2) is 23.7 Å². The van der Waals surface area contributed by atoms with Gasteiger partial charge in [0.1, 0.15) is 12.3 Å². The van der Waals surface area contributed by atoms with Gasteiger partial charge in [-0.3, -0.25) is 18.9 Å². The topological polar surface area (TPSA) is 263 Å². The molecular formula is C19H21N2O14P. The van der Waals surface area contributed by atoms with E-state index in [9.17, 15) is 33.6 Å². The Balaban J connectivity index is 0.000000269. The summed E-state index contributed by atoms with van der Waals surface area (Å²) in [5.41, 5.74) is -2.16. The van der Waals surface area contributed by atoms with Gasteiger partial charge in [0.25, 0.3) is 5.56 Å². The van der Waals surface area contributed by atoms with Crippen LogP contribution in [-0.4, -0.2) is 76.5 Å². The van der Waals surface area contributed by atoms with Gasteiger partial charge in [0.05, 0.1) is 29.4 Å². The van der Waals surface area contributed by atoms with Crippen molar-refractivity contribution in [3.63, 3.8) is 0 Å². The van der Waals surface area contributed by atoms with Gasteiger partial charge in [-0.15, -0.1) is 0 Å². The summed E-state index contributed by atoms with van der Waals surface area (Å²) >= 11 is 0. The molecule has 3 rings (SSSR count). The number of aryl methyl sites for hydroxylation is 1. The van der Waals surface area contributed by atoms with Gasteiger partial charge in [0.2, 0.25) is 0 Å². The molecule has 17 heteroatoms. The van der Waals surface area contributed by atoms with Crippen molar-refractivity contribution in [2.75, 3.05) is 6.61 Å². The Morgan fingerprint density at radius 1 is 1.11 bits per heavy atom. The van der Waals surface area contributed by atoms with Crippen LogP contribution < -0.4 is 11.2 Å². The summed E-state index contributed by atoms with van der Waals surface area (Å²) in [4.78, 5) is 74.1. The average Bonchev–Trinajstić information content (AvgIpc) is 3.14. The molecule has 2 aromatic rings. The van der Waals surface area contributed by atoms with Crippen LogP contribution in [0.2, 0.25) is 0 Å². The highest BCUT2D eigenvalue weighted by atomic mass is 31.2. The van der Waals surface area contributed by atoms with E-state index in [2.05, 4.69) is 9.51 Å². The highest BCUT2D eigenvalue weighted by Gasteiger charge is 2.37. The van der Waals surface area contributed by atoms with Gasteiger partial charge in [-0.1, -0.05) is 0 Å². The molecule has 7 N–H and O–H groups in total. The van der Waals surface area contributed by atoms with Crippen molar-refractivity contribution in [1.29, 1.82) is 0 Å². The highest BCUT2D eigenvalue weighted by Crippen LogP contribution is 2.38. The molecule has 0 bridgehead atoms. The van der Waals surface area contributed by atoms with E-state index in [-0.39, 0.29) is 12.0 Å². The third-order valence-corrected chi connectivity index (χ3v) is 5.28. The summed E-state index contributed by atoms with van der Waals surface area (Å²) in [6, 6.07) is 2.81. The van der Waals surface area contributed by atoms with Crippen LogP contribution in [0.4, 0.5) is 0 Å². The van der Waals surface area contributed by atoms with Crippen molar-refractivity contribution in [3.05, 3.63) is 67.5 Å². The standard InChI is InChI=1S/C10H15N2O8P.C9H6O6/c1-5-3-12(10(15)11-9(5)14)8-2-6(13)7(20-8)4-19-21(16,17)18;10-7(11)4-1-2-5(8(12)13)6(3-4)9(14)15/h3,6-8,13H,2,4H2,1H3,(H,11,14,15)(H2,16,17,18);1-3H,(H,10,11)(H,12,13)(H,14,15)/t6-,7+,8+;/m0./s1. The molecule has 1 aliphatic heterocycles. The largest absolute Gasteiger partial charge is 0.478 e. The molecule has 36 heavy (non-hydrogen) atoms. The fourth-order valence-corrected chi connectivity index (χ4v) is 3.39. The van der Waals surface area contributed by atoms with E-state index in [0.29, 0.717) is 5.56 Å². The molecule has 0 radical (unpaired) electrons. The van der Waals surface area contributed by atoms with Crippen LogP contribution in [0.1, 0.15) is 49.3 Å². The predicted octanol–water partition coefficient (Wildman–Crippen LogP) is -0.616. The SMILES string of the molecule is Cc1cn([C@H]2C[C@H](O)[C@@H](COP(=O)(O)O)O2)c(=O)[nH]c1=O.O=C(O)c1ccc(C(=O)O)c(C(=O)O)c1. The molecular weight excluding hydrogens is 511 g/mol. The minimum absolute atomic E-state index is 0.0283. The van der Waals surface area contributed by atoms with Crippen LogP contribution in [0.15, 0.2) is 34.0 Å². The lowest BCUT2D eigenvalue weighted by molar-refractivity contribution is -0.0451. The second-order valence-electron chi connectivity index (χ2n) is 7.37. The molecule has 1 aliphatic rings. The Morgan fingerprint density at radius 2 is 1.72 bits per heavy atom. The second-order valence-corrected chi connectivity index (χ2v) is 8.61. The van der Waals surface area contributed by atoms with Crippen LogP contribution in [0, 0.1) is 6.92 Å². The van der Waals surface area contributed by atoms with Crippen molar-refractivity contribution in [1.82, 2.24) is 9.55 Å². The molecule has 2 heterocycles. The summed E-state index contributed by atoms with van der Waals surface area (Å²) in [7, 11) is -4.67. The van der Waals surface area contributed by atoms with Crippen molar-refractivity contribution < 1.29 is 58.4 Å². The molecule has 0 saturated carbocycles. The quantitative estimate of drug-likeness (QED) is 0.219. The zero-order valence-corrected chi connectivity index (χ0v) is 19.2. The lowest BCUT2D eigenvalue weighted by atomic mass is 10.0. The van der Waals surface area contributed by atoms with E-state index in [1.54, 1.807) is 0 Å². The van der Waals surface area contributed by atoms with Crippen LogP contribution >= 0.6 is 7.82 Å². The van der Waals surface area contributed by atoms with Crippen LogP contribution in [0.25, 0.3) is 0 Å². The first-order valence-corrected chi connectivity index (χ1v) is 11.3. The van der Waals surface area contributed by atoms with Gasteiger partial charge in [0, 0.05) is 18.2 Å². The number of rotatable bonds is 7. The molecule has 1 saturated heterocycles. The molecule has 1 aromatic carbocycles. The fraction of sp³-hybridized carbons (Fsp3) is 0.316. The number of carbonyl (C=O) groups is 3. The number of hydrogen-bond donors (Lipinski definition) is 7. The maximum atomic E-state index is 11.7. The van der Waals surface area contributed by atoms with Gasteiger partial charge >= 0.3 is 31.4 Å². The van der Waals surface area contributed by atoms with Gasteiger partial charge in [0.15, 0.2) is 0 Å². The number of carboxylic acid groups (broad SMARTS) is 3. The number of phosphoric acid groups is 1. The maximum Gasteiger partial charge on any atom is 0.469 e. The first kappa shape index (κ1) is 28.6. The third-order valence-electron chi connectivity index (χ3n) is 4.79. The number of aromatic amines is 1. The second kappa shape index (κ2) is 11.4. The number of nitrogens with zero attached hydrogens (tertiary/aromatic N) is 1. The Kier molecular flexibility index (Phi) is 9.04. The fourth-order valence-electron chi connectivity index (χ4n) is 3.05. The highest BCUT2D eigenvalue weighted by molar-refractivity contribution is 7.46. The summed E-state index contributed by atoms with van der Waals surface area (Å²) in [6.45, 7) is 0.994. The number of carboxylic acids is 3. The molecule has 0 spiro atoms. The van der Waals surface area contributed by atoms with Gasteiger partial charge in [-0.05, 0) is 25.1 Å². The number of hydrogen-bond acceptors (Lipinski definition) is 9. The number of aliphatic hydroxyl groups is 1. The number of phosphoric ester groups is 1. The number of aromatic nitrogens is 2. The van der Waals surface area contributed by atoms with E-state index in [0.717, 1.165) is 22.8 Å². The molecule has 0 aliphatic carbocycles. The zero-order chi connectivity index (χ0) is 27.4. The molecule has 1 fully saturated rings. The number of aromatic carboxylic acids is 3. The molecule has 1 aromatic heterocycles. The normalized spacial score (nSPS) is 19.3.